The number of rotatable bonds is 17. The highest BCUT2D eigenvalue weighted by Crippen LogP contribution is 2.26. The number of para-hydroxylation sites is 1. The summed E-state index contributed by atoms with van der Waals surface area (Å²) in [5.41, 5.74) is 15.7. The van der Waals surface area contributed by atoms with Gasteiger partial charge in [-0.2, -0.15) is 0 Å². The summed E-state index contributed by atoms with van der Waals surface area (Å²) >= 11 is 0. The molecule has 402 valence electrons. The Kier molecular flexibility index (Phi) is 19.0. The molecule has 19 heteroatoms. The number of amides is 7. The van der Waals surface area contributed by atoms with Crippen LogP contribution in [0.1, 0.15) is 59.5 Å². The number of nitrogens with two attached hydrogens (primary N) is 2. The van der Waals surface area contributed by atoms with Crippen molar-refractivity contribution in [3.05, 3.63) is 174 Å². The predicted octanol–water partition coefficient (Wildman–Crippen LogP) is 3.37. The van der Waals surface area contributed by atoms with Gasteiger partial charge < -0.3 is 62.7 Å². The number of carbonyl (C=O) groups is 7. The van der Waals surface area contributed by atoms with Gasteiger partial charge in [-0.25, -0.2) is 4.79 Å². The molecule has 2 saturated heterocycles. The lowest BCUT2D eigenvalue weighted by Gasteiger charge is -2.32. The Morgan fingerprint density at radius 2 is 1.17 bits per heavy atom. The van der Waals surface area contributed by atoms with E-state index in [1.165, 1.54) is 4.90 Å². The van der Waals surface area contributed by atoms with Gasteiger partial charge in [0.25, 0.3) is 0 Å². The Morgan fingerprint density at radius 1 is 0.584 bits per heavy atom. The van der Waals surface area contributed by atoms with Crippen LogP contribution in [0.5, 0.6) is 5.75 Å². The van der Waals surface area contributed by atoms with Crippen molar-refractivity contribution in [1.29, 1.82) is 0 Å². The van der Waals surface area contributed by atoms with Gasteiger partial charge in [-0.15, -0.1) is 0 Å². The summed E-state index contributed by atoms with van der Waals surface area (Å²) in [5, 5.41) is 17.9. The molecule has 7 amide bonds. The van der Waals surface area contributed by atoms with Crippen molar-refractivity contribution in [1.82, 2.24) is 41.8 Å². The van der Waals surface area contributed by atoms with Crippen LogP contribution < -0.4 is 48.1 Å². The molecule has 0 bridgehead atoms. The number of aromatic nitrogens is 1. The molecule has 7 atom stereocenters. The van der Waals surface area contributed by atoms with Crippen molar-refractivity contribution >= 4 is 52.4 Å². The van der Waals surface area contributed by atoms with Crippen LogP contribution in [0.3, 0.4) is 0 Å². The van der Waals surface area contributed by atoms with Crippen molar-refractivity contribution in [2.45, 2.75) is 93.9 Å². The Bertz CT molecular complexity index is 2960. The Morgan fingerprint density at radius 3 is 1.87 bits per heavy atom. The molecule has 4 unspecified atom stereocenters. The van der Waals surface area contributed by atoms with Crippen LogP contribution in [-0.2, 0) is 59.4 Å². The third kappa shape index (κ3) is 14.9. The highest BCUT2D eigenvalue weighted by Gasteiger charge is 2.45. The first kappa shape index (κ1) is 54.7. The molecule has 77 heavy (non-hydrogen) atoms. The fourth-order valence-corrected chi connectivity index (χ4v) is 9.65. The van der Waals surface area contributed by atoms with Gasteiger partial charge in [0.2, 0.25) is 35.4 Å². The molecule has 3 heterocycles. The highest BCUT2D eigenvalue weighted by molar-refractivity contribution is 5.99. The van der Waals surface area contributed by atoms with E-state index < -0.39 is 83.9 Å². The van der Waals surface area contributed by atoms with Crippen LogP contribution >= 0.6 is 0 Å². The number of H-pyrrole nitrogens is 1. The molecule has 0 aliphatic carbocycles. The van der Waals surface area contributed by atoms with E-state index in [1.54, 1.807) is 85.1 Å². The number of nitrogens with one attached hydrogen (secondary N) is 7. The average molecular weight is 1050 g/mol. The summed E-state index contributed by atoms with van der Waals surface area (Å²) in [4.78, 5) is 107. The van der Waals surface area contributed by atoms with Crippen LogP contribution in [0.15, 0.2) is 146 Å². The van der Waals surface area contributed by atoms with Gasteiger partial charge >= 0.3 is 6.09 Å². The molecule has 8 rings (SSSR count). The molecule has 1 aromatic heterocycles. The SMILES string of the molecule is NCCCCC1NC(=O)[C@H](Cc2c[nH]c3ccccc23)NC(=O)[C@H](c2ccccc2)NC(=O)C2C[C@H](OC(=O)NCCN)CN2C(=O)C(Cc2ccccc2)NC(=O)C(Cc2ccc(OCc3ccccc3)cc2)NC1=O. The van der Waals surface area contributed by atoms with Crippen LogP contribution in [0.2, 0.25) is 0 Å². The number of benzene rings is 5. The first-order valence-corrected chi connectivity index (χ1v) is 26.0. The van der Waals surface area contributed by atoms with Crippen molar-refractivity contribution in [3.8, 4) is 5.75 Å². The number of fused-ring (bicyclic) bond motifs is 2. The summed E-state index contributed by atoms with van der Waals surface area (Å²) in [6.07, 6.45) is 0.652. The van der Waals surface area contributed by atoms with E-state index in [0.717, 1.165) is 16.5 Å². The zero-order chi connectivity index (χ0) is 54.1. The second kappa shape index (κ2) is 26.8. The van der Waals surface area contributed by atoms with E-state index in [4.69, 9.17) is 20.9 Å². The lowest BCUT2D eigenvalue weighted by molar-refractivity contribution is -0.143. The Labute approximate surface area is 446 Å². The molecule has 0 radical (unpaired) electrons. The van der Waals surface area contributed by atoms with Gasteiger partial charge in [0.1, 0.15) is 54.7 Å². The van der Waals surface area contributed by atoms with Crippen molar-refractivity contribution in [3.63, 3.8) is 0 Å². The number of nitrogens with zero attached hydrogens (tertiary/aromatic N) is 1. The van der Waals surface area contributed by atoms with Gasteiger partial charge in [-0.05, 0) is 71.8 Å². The fourth-order valence-electron chi connectivity index (χ4n) is 9.65. The molecular formula is C58H66N10O9. The summed E-state index contributed by atoms with van der Waals surface area (Å²) in [6, 6.07) is 33.6. The minimum Gasteiger partial charge on any atom is -0.489 e. The van der Waals surface area contributed by atoms with Crippen LogP contribution in [0.25, 0.3) is 10.9 Å². The molecule has 0 spiro atoms. The molecule has 2 fully saturated rings. The zero-order valence-electron chi connectivity index (χ0n) is 42.7. The van der Waals surface area contributed by atoms with E-state index in [2.05, 4.69) is 36.9 Å². The normalized spacial score (nSPS) is 21.6. The summed E-state index contributed by atoms with van der Waals surface area (Å²) in [5.74, 6) is -3.76. The molecule has 5 aromatic carbocycles. The van der Waals surface area contributed by atoms with Gasteiger partial charge in [0, 0.05) is 55.9 Å². The Hall–Kier alpha value is -8.55. The highest BCUT2D eigenvalue weighted by atomic mass is 16.6. The maximum atomic E-state index is 15.3. The van der Waals surface area contributed by atoms with Crippen LogP contribution in [0.4, 0.5) is 4.79 Å². The number of hydrogen-bond donors (Lipinski definition) is 9. The molecule has 0 saturated carbocycles. The third-order valence-corrected chi connectivity index (χ3v) is 13.7. The monoisotopic (exact) mass is 1050 g/mol. The van der Waals surface area contributed by atoms with E-state index in [9.17, 15) is 24.0 Å². The Balaban J connectivity index is 1.19. The van der Waals surface area contributed by atoms with Crippen molar-refractivity contribution in [2.24, 2.45) is 11.5 Å². The number of hydrogen-bond acceptors (Lipinski definition) is 11. The number of ether oxygens (including phenoxy) is 2. The molecular weight excluding hydrogens is 981 g/mol. The maximum absolute atomic E-state index is 15.3. The number of carbonyl (C=O) groups excluding carboxylic acids is 7. The van der Waals surface area contributed by atoms with Crippen LogP contribution in [0, 0.1) is 0 Å². The third-order valence-electron chi connectivity index (χ3n) is 13.7. The second-order valence-corrected chi connectivity index (χ2v) is 19.2. The molecule has 2 aliphatic rings. The minimum atomic E-state index is -1.42. The van der Waals surface area contributed by atoms with Gasteiger partial charge in [0.15, 0.2) is 0 Å². The first-order chi connectivity index (χ1) is 37.5. The summed E-state index contributed by atoms with van der Waals surface area (Å²) in [6.45, 7) is 0.617. The standard InChI is InChI=1S/C58H66N10O9/c59-27-13-12-22-46-52(69)64-47(30-38-23-25-42(26-24-38)76-36-39-16-6-2-7-17-39)53(70)66-49(31-37-14-4-1-5-15-37)57(74)68-35-43(77-58(75)61-29-28-60)33-50(68)55(72)67-51(40-18-8-3-9-19-40)56(73)65-48(54(71)63-46)32-41-34-62-45-21-11-10-20-44(41)45/h1-11,14-21,23-26,34,43,46-51,62H,12-13,22,27-33,35-36,59-60H2,(H,61,75)(H,63,71)(H,64,69)(H,65,73)(H,66,70)(H,67,72)/t43-,46?,47?,48-,49?,50?,51-/m0/s1. The lowest BCUT2D eigenvalue weighted by atomic mass is 9.99. The number of aromatic amines is 1. The number of alkyl carbamates (subject to hydrolysis) is 1. The van der Waals surface area contributed by atoms with E-state index in [-0.39, 0.29) is 51.7 Å². The summed E-state index contributed by atoms with van der Waals surface area (Å²) in [7, 11) is 0. The molecule has 2 aliphatic heterocycles. The molecule has 6 aromatic rings. The fraction of sp³-hybridized carbons (Fsp3) is 0.328. The van der Waals surface area contributed by atoms with Crippen molar-refractivity contribution < 1.29 is 43.0 Å². The molecule has 11 N–H and O–H groups in total. The van der Waals surface area contributed by atoms with Gasteiger partial charge in [-0.3, -0.25) is 28.8 Å². The van der Waals surface area contributed by atoms with Crippen molar-refractivity contribution in [2.75, 3.05) is 26.2 Å². The quantitative estimate of drug-likeness (QED) is 0.0598. The minimum absolute atomic E-state index is 0.0385. The lowest BCUT2D eigenvalue weighted by Crippen LogP contribution is -2.61. The van der Waals surface area contributed by atoms with Crippen LogP contribution in [-0.4, -0.2) is 114 Å². The second-order valence-electron chi connectivity index (χ2n) is 19.2. The van der Waals surface area contributed by atoms with Gasteiger partial charge in [0.05, 0.1) is 6.54 Å². The topological polar surface area (TPSA) is 281 Å². The van der Waals surface area contributed by atoms with E-state index in [1.807, 2.05) is 60.7 Å². The molecule has 19 nitrogen and oxygen atoms in total. The zero-order valence-corrected chi connectivity index (χ0v) is 42.7. The van der Waals surface area contributed by atoms with Gasteiger partial charge in [-0.1, -0.05) is 121 Å². The van der Waals surface area contributed by atoms with E-state index in [0.29, 0.717) is 54.0 Å². The number of unbranched alkanes of at least 4 members (excludes halogenated alkanes) is 1. The van der Waals surface area contributed by atoms with E-state index >= 15 is 9.59 Å². The first-order valence-electron chi connectivity index (χ1n) is 26.0. The predicted molar refractivity (Wildman–Crippen MR) is 288 cm³/mol. The maximum Gasteiger partial charge on any atom is 0.407 e. The smallest absolute Gasteiger partial charge is 0.407 e. The summed E-state index contributed by atoms with van der Waals surface area (Å²) < 4.78 is 11.8. The largest absolute Gasteiger partial charge is 0.489 e. The average Bonchev–Trinajstić information content (AvgIpc) is 4.08.